The second-order valence-electron chi connectivity index (χ2n) is 11.1. The molecular weight excluding hydrogens is 508 g/mol. The van der Waals surface area contributed by atoms with Crippen LogP contribution in [0.1, 0.15) is 79.5 Å². The van der Waals surface area contributed by atoms with Crippen molar-refractivity contribution in [1.82, 2.24) is 0 Å². The van der Waals surface area contributed by atoms with E-state index >= 15 is 0 Å². The molecule has 3 aromatic carbocycles. The molecule has 0 spiro atoms. The molecule has 4 rings (SSSR count). The van der Waals surface area contributed by atoms with Crippen molar-refractivity contribution in [2.45, 2.75) is 81.8 Å². The van der Waals surface area contributed by atoms with Crippen molar-refractivity contribution in [3.05, 3.63) is 82.9 Å². The van der Waals surface area contributed by atoms with Crippen molar-refractivity contribution in [2.75, 3.05) is 7.11 Å². The highest BCUT2D eigenvalue weighted by molar-refractivity contribution is 5.80. The zero-order valence-electron chi connectivity index (χ0n) is 23.1. The van der Waals surface area contributed by atoms with E-state index in [0.29, 0.717) is 18.4 Å². The molecule has 5 N–H and O–H groups in total. The average molecular weight is 549 g/mol. The number of rotatable bonds is 13. The molecule has 7 nitrogen and oxygen atoms in total. The first-order chi connectivity index (χ1) is 19.2. The second kappa shape index (κ2) is 13.2. The molecule has 2 unspecified atom stereocenters. The quantitative estimate of drug-likeness (QED) is 0.175. The Bertz CT molecular complexity index is 1280. The highest BCUT2D eigenvalue weighted by Gasteiger charge is 2.38. The topological polar surface area (TPSA) is 127 Å². The van der Waals surface area contributed by atoms with Crippen LogP contribution in [0.15, 0.2) is 60.7 Å². The number of hydrogen-bond donors (Lipinski definition) is 5. The first kappa shape index (κ1) is 29.4. The summed E-state index contributed by atoms with van der Waals surface area (Å²) in [5.74, 6) is -0.471. The molecule has 40 heavy (non-hydrogen) atoms. The molecule has 0 bridgehead atoms. The van der Waals surface area contributed by atoms with Gasteiger partial charge in [0.05, 0.1) is 19.8 Å². The fourth-order valence-electron chi connectivity index (χ4n) is 6.32. The van der Waals surface area contributed by atoms with Crippen LogP contribution in [0.2, 0.25) is 0 Å². The van der Waals surface area contributed by atoms with Gasteiger partial charge in [0.25, 0.3) is 0 Å². The summed E-state index contributed by atoms with van der Waals surface area (Å²) in [5.41, 5.74) is 2.95. The lowest BCUT2D eigenvalue weighted by molar-refractivity contribution is -0.121. The highest BCUT2D eigenvalue weighted by atomic mass is 16.5. The van der Waals surface area contributed by atoms with E-state index in [1.165, 1.54) is 19.2 Å². The van der Waals surface area contributed by atoms with Crippen molar-refractivity contribution in [2.24, 2.45) is 0 Å². The Morgan fingerprint density at radius 3 is 2.30 bits per heavy atom. The van der Waals surface area contributed by atoms with Crippen LogP contribution >= 0.6 is 0 Å². The van der Waals surface area contributed by atoms with Crippen LogP contribution in [0.5, 0.6) is 23.0 Å². The lowest BCUT2D eigenvalue weighted by Gasteiger charge is -2.32. The monoisotopic (exact) mass is 548 g/mol. The highest BCUT2D eigenvalue weighted by Crippen LogP contribution is 2.47. The first-order valence-electron chi connectivity index (χ1n) is 14.0. The maximum absolute atomic E-state index is 13.4. The lowest BCUT2D eigenvalue weighted by atomic mass is 9.73. The van der Waals surface area contributed by atoms with Gasteiger partial charge < -0.3 is 30.3 Å². The Hall–Kier alpha value is -3.55. The number of benzene rings is 3. The molecule has 1 fully saturated rings. The van der Waals surface area contributed by atoms with E-state index in [1.807, 2.05) is 30.3 Å². The Morgan fingerprint density at radius 2 is 1.65 bits per heavy atom. The van der Waals surface area contributed by atoms with Crippen LogP contribution in [0.25, 0.3) is 0 Å². The van der Waals surface area contributed by atoms with Crippen molar-refractivity contribution < 1.29 is 35.1 Å². The van der Waals surface area contributed by atoms with Gasteiger partial charge >= 0.3 is 0 Å². The molecule has 0 saturated heterocycles. The van der Waals surface area contributed by atoms with Crippen molar-refractivity contribution >= 4 is 5.78 Å². The molecule has 0 heterocycles. The van der Waals surface area contributed by atoms with Gasteiger partial charge in [-0.3, -0.25) is 4.79 Å². The average Bonchev–Trinajstić information content (AvgIpc) is 3.42. The first-order valence-corrected chi connectivity index (χ1v) is 14.0. The number of aromatic hydroxyl groups is 3. The number of aryl methyl sites for hydroxylation is 1. The van der Waals surface area contributed by atoms with Gasteiger partial charge in [-0.25, -0.2) is 0 Å². The lowest BCUT2D eigenvalue weighted by Crippen LogP contribution is -2.29. The Labute approximate surface area is 235 Å². The molecular formula is C33H40O7. The van der Waals surface area contributed by atoms with Gasteiger partial charge in [0.2, 0.25) is 0 Å². The third-order valence-electron chi connectivity index (χ3n) is 8.39. The number of carbonyl (C=O) groups excluding carboxylic acids is 1. The van der Waals surface area contributed by atoms with Crippen LogP contribution in [-0.4, -0.2) is 44.5 Å². The van der Waals surface area contributed by atoms with Gasteiger partial charge in [0.15, 0.2) is 23.0 Å². The van der Waals surface area contributed by atoms with Gasteiger partial charge in [0.1, 0.15) is 5.78 Å². The van der Waals surface area contributed by atoms with Crippen LogP contribution in [-0.2, 0) is 23.2 Å². The molecule has 2 atom stereocenters. The smallest absolute Gasteiger partial charge is 0.160 e. The number of aliphatic hydroxyl groups is 2. The van der Waals surface area contributed by atoms with Crippen LogP contribution in [0.3, 0.4) is 0 Å². The van der Waals surface area contributed by atoms with E-state index in [4.69, 9.17) is 4.74 Å². The minimum Gasteiger partial charge on any atom is -0.504 e. The molecule has 214 valence electrons. The number of Topliss-reactive ketones (excluding diaryl/α,β-unsaturated/α-hetero) is 1. The summed E-state index contributed by atoms with van der Waals surface area (Å²) in [5, 5.41) is 51.3. The van der Waals surface area contributed by atoms with Gasteiger partial charge in [-0.1, -0.05) is 49.2 Å². The van der Waals surface area contributed by atoms with Crippen LogP contribution in [0.4, 0.5) is 0 Å². The number of ether oxygens (including phenoxy) is 1. The minimum absolute atomic E-state index is 0.00265. The summed E-state index contributed by atoms with van der Waals surface area (Å²) in [6, 6.07) is 18.0. The van der Waals surface area contributed by atoms with E-state index in [-0.39, 0.29) is 59.6 Å². The number of aliphatic hydroxyl groups excluding tert-OH is 2. The number of phenols is 3. The Balaban J connectivity index is 1.52. The maximum atomic E-state index is 13.4. The summed E-state index contributed by atoms with van der Waals surface area (Å²) >= 11 is 0. The van der Waals surface area contributed by atoms with E-state index in [2.05, 4.69) is 0 Å². The SMILES string of the molecule is COc1cc(C(CCc2ccccc2)CC(=O)CC(O)CC2(c3ccc(O)c(O)c3)CCCC2)c(CO)cc1O. The van der Waals surface area contributed by atoms with Crippen LogP contribution < -0.4 is 4.74 Å². The molecule has 1 saturated carbocycles. The largest absolute Gasteiger partial charge is 0.504 e. The summed E-state index contributed by atoms with van der Waals surface area (Å²) in [6.45, 7) is -0.284. The molecule has 1 aliphatic rings. The number of hydrogen-bond acceptors (Lipinski definition) is 7. The summed E-state index contributed by atoms with van der Waals surface area (Å²) < 4.78 is 5.32. The summed E-state index contributed by atoms with van der Waals surface area (Å²) in [7, 11) is 1.46. The maximum Gasteiger partial charge on any atom is 0.160 e. The summed E-state index contributed by atoms with van der Waals surface area (Å²) in [4.78, 5) is 13.4. The Morgan fingerprint density at radius 1 is 0.925 bits per heavy atom. The zero-order chi connectivity index (χ0) is 28.7. The predicted molar refractivity (Wildman–Crippen MR) is 153 cm³/mol. The van der Waals surface area contributed by atoms with Gasteiger partial charge in [-0.05, 0) is 90.0 Å². The molecule has 3 aromatic rings. The van der Waals surface area contributed by atoms with E-state index in [0.717, 1.165) is 48.8 Å². The third kappa shape index (κ3) is 6.95. The van der Waals surface area contributed by atoms with Crippen LogP contribution in [0, 0.1) is 0 Å². The number of methoxy groups -OCH3 is 1. The molecule has 1 aliphatic carbocycles. The Kier molecular flexibility index (Phi) is 9.71. The molecule has 0 radical (unpaired) electrons. The number of phenolic OH excluding ortho intramolecular Hbond substituents is 3. The van der Waals surface area contributed by atoms with Gasteiger partial charge in [-0.2, -0.15) is 0 Å². The standard InChI is InChI=1S/C33H40O7/c1-40-32-19-28(24(21-34)16-31(32)39)23(10-9-22-7-3-2-4-8-22)15-26(35)18-27(36)20-33(13-5-6-14-33)25-11-12-29(37)30(38)17-25/h2-4,7-8,11-12,16-17,19,23,27,34,36-39H,5-6,9-10,13-15,18,20-21H2,1H3. The van der Waals surface area contributed by atoms with E-state index in [1.54, 1.807) is 18.2 Å². The fraction of sp³-hybridized carbons (Fsp3) is 0.424. The zero-order valence-corrected chi connectivity index (χ0v) is 23.1. The van der Waals surface area contributed by atoms with Crippen molar-refractivity contribution in [3.8, 4) is 23.0 Å². The normalized spacial score (nSPS) is 16.0. The minimum atomic E-state index is -0.858. The third-order valence-corrected chi connectivity index (χ3v) is 8.39. The molecule has 0 aliphatic heterocycles. The van der Waals surface area contributed by atoms with Crippen molar-refractivity contribution in [3.63, 3.8) is 0 Å². The number of carbonyl (C=O) groups is 1. The molecule has 7 heteroatoms. The van der Waals surface area contributed by atoms with E-state index in [9.17, 15) is 30.3 Å². The summed E-state index contributed by atoms with van der Waals surface area (Å²) in [6.07, 6.45) is 4.76. The van der Waals surface area contributed by atoms with Gasteiger partial charge in [-0.15, -0.1) is 0 Å². The predicted octanol–water partition coefficient (Wildman–Crippen LogP) is 5.63. The van der Waals surface area contributed by atoms with Gasteiger partial charge in [0, 0.05) is 12.8 Å². The van der Waals surface area contributed by atoms with E-state index < -0.39 is 6.10 Å². The molecule has 0 amide bonds. The molecule has 0 aromatic heterocycles. The second-order valence-corrected chi connectivity index (χ2v) is 11.1. The fourth-order valence-corrected chi connectivity index (χ4v) is 6.32. The number of ketones is 1. The van der Waals surface area contributed by atoms with Crippen molar-refractivity contribution in [1.29, 1.82) is 0 Å².